The third kappa shape index (κ3) is 7.80. The van der Waals surface area contributed by atoms with Gasteiger partial charge in [0.2, 0.25) is 0 Å². The van der Waals surface area contributed by atoms with E-state index in [0.29, 0.717) is 17.9 Å². The fraction of sp³-hybridized carbons (Fsp3) is 0.524. The number of methoxy groups -OCH3 is 1. The summed E-state index contributed by atoms with van der Waals surface area (Å²) in [6.07, 6.45) is 5.49. The van der Waals surface area contributed by atoms with Gasteiger partial charge in [0.15, 0.2) is 6.10 Å². The summed E-state index contributed by atoms with van der Waals surface area (Å²) in [6, 6.07) is 12.8. The van der Waals surface area contributed by atoms with E-state index in [-0.39, 0.29) is 23.4 Å². The van der Waals surface area contributed by atoms with Crippen LogP contribution in [0.4, 0.5) is 10.2 Å². The van der Waals surface area contributed by atoms with Gasteiger partial charge in [-0.25, -0.2) is 14.2 Å². The number of hydrogen-bond donors (Lipinski definition) is 0. The molecule has 274 valence electrons. The maximum absolute atomic E-state index is 14.8. The van der Waals surface area contributed by atoms with Crippen molar-refractivity contribution in [1.82, 2.24) is 9.38 Å². The molecule has 3 aliphatic heterocycles. The molecule has 0 radical (unpaired) electrons. The standard InChI is InChI=1S/C42H54FN3O5/c1-26(2)35-28(4)36(37(40(47)48-9)51-41(5,6)7)39-45-20-18-42(8,19-21-45)49-22-11-10-13-27(3)50-34-17-16-31(43)24-32(34)29-14-12-15-30(23-29)33-25-46(39)38(35)44-33/h12,14-17,23-27,37H,10-11,13,18-22H2,1-9H3. The molecule has 0 spiro atoms. The summed E-state index contributed by atoms with van der Waals surface area (Å²) in [5, 5.41) is 0. The summed E-state index contributed by atoms with van der Waals surface area (Å²) >= 11 is 0. The van der Waals surface area contributed by atoms with Crippen molar-refractivity contribution in [2.24, 2.45) is 0 Å². The van der Waals surface area contributed by atoms with Gasteiger partial charge in [0.25, 0.3) is 0 Å². The summed E-state index contributed by atoms with van der Waals surface area (Å²) in [4.78, 5) is 21.4. The van der Waals surface area contributed by atoms with E-state index in [1.165, 1.54) is 13.2 Å². The lowest BCUT2D eigenvalue weighted by atomic mass is 9.90. The Morgan fingerprint density at radius 2 is 1.78 bits per heavy atom. The van der Waals surface area contributed by atoms with Crippen LogP contribution in [0.1, 0.15) is 109 Å². The molecule has 4 aromatic rings. The minimum atomic E-state index is -0.954. The molecule has 51 heavy (non-hydrogen) atoms. The van der Waals surface area contributed by atoms with E-state index in [9.17, 15) is 9.18 Å². The Labute approximate surface area is 302 Å². The molecule has 2 aromatic carbocycles. The number of imidazole rings is 1. The van der Waals surface area contributed by atoms with Crippen molar-refractivity contribution in [3.63, 3.8) is 0 Å². The van der Waals surface area contributed by atoms with E-state index in [4.69, 9.17) is 23.9 Å². The molecular weight excluding hydrogens is 645 g/mol. The molecule has 1 fully saturated rings. The lowest BCUT2D eigenvalue weighted by Crippen LogP contribution is -2.45. The smallest absolute Gasteiger partial charge is 0.339 e. The second-order valence-corrected chi connectivity index (χ2v) is 15.8. The first kappa shape index (κ1) is 36.8. The summed E-state index contributed by atoms with van der Waals surface area (Å²) in [5.41, 5.74) is 5.96. The number of ether oxygens (including phenoxy) is 4. The van der Waals surface area contributed by atoms with Crippen molar-refractivity contribution in [2.45, 2.75) is 117 Å². The zero-order valence-corrected chi connectivity index (χ0v) is 31.8. The van der Waals surface area contributed by atoms with Crippen LogP contribution in [-0.2, 0) is 19.0 Å². The molecule has 3 aliphatic rings. The first-order valence-corrected chi connectivity index (χ1v) is 18.4. The SMILES string of the molecule is COC(=O)C(OC(C)(C)C)c1c(C)c(C(C)C)c2nc3cn2c1N1CCC(C)(CC1)OCCCCC(C)Oc1ccc(F)cc1-c1cccc-3c1. The van der Waals surface area contributed by atoms with Crippen molar-refractivity contribution in [1.29, 1.82) is 0 Å². The second kappa shape index (κ2) is 14.6. The molecule has 1 saturated heterocycles. The van der Waals surface area contributed by atoms with E-state index in [0.717, 1.165) is 90.2 Å². The van der Waals surface area contributed by atoms with Gasteiger partial charge in [-0.2, -0.15) is 0 Å². The number of pyridine rings is 1. The van der Waals surface area contributed by atoms with Gasteiger partial charge >= 0.3 is 5.97 Å². The zero-order chi connectivity index (χ0) is 36.7. The van der Waals surface area contributed by atoms with Gasteiger partial charge in [-0.15, -0.1) is 0 Å². The monoisotopic (exact) mass is 699 g/mol. The van der Waals surface area contributed by atoms with Crippen LogP contribution >= 0.6 is 0 Å². The maximum Gasteiger partial charge on any atom is 0.339 e. The molecule has 0 saturated carbocycles. The van der Waals surface area contributed by atoms with Crippen molar-refractivity contribution >= 4 is 17.4 Å². The van der Waals surface area contributed by atoms with Crippen LogP contribution in [0.2, 0.25) is 0 Å². The molecule has 6 bridgehead atoms. The van der Waals surface area contributed by atoms with Gasteiger partial charge in [-0.1, -0.05) is 32.0 Å². The first-order chi connectivity index (χ1) is 24.2. The number of halogens is 1. The second-order valence-electron chi connectivity index (χ2n) is 15.8. The summed E-state index contributed by atoms with van der Waals surface area (Å²) < 4.78 is 41.9. The number of anilines is 1. The molecule has 0 N–H and O–H groups in total. The van der Waals surface area contributed by atoms with Gasteiger partial charge in [0.1, 0.15) is 23.0 Å². The Morgan fingerprint density at radius 1 is 1.06 bits per heavy atom. The van der Waals surface area contributed by atoms with Crippen LogP contribution in [0.15, 0.2) is 48.7 Å². The molecule has 2 atom stereocenters. The third-order valence-electron chi connectivity index (χ3n) is 10.3. The minimum absolute atomic E-state index is 0.0401. The average molecular weight is 700 g/mol. The van der Waals surface area contributed by atoms with Gasteiger partial charge in [0, 0.05) is 48.1 Å². The molecule has 2 unspecified atom stereocenters. The third-order valence-corrected chi connectivity index (χ3v) is 10.3. The molecule has 7 rings (SSSR count). The van der Waals surface area contributed by atoms with Gasteiger partial charge in [-0.05, 0) is 115 Å². The maximum atomic E-state index is 14.8. The van der Waals surface area contributed by atoms with Crippen LogP contribution in [0.3, 0.4) is 0 Å². The first-order valence-electron chi connectivity index (χ1n) is 18.4. The van der Waals surface area contributed by atoms with Crippen molar-refractivity contribution in [3.8, 4) is 28.1 Å². The quantitative estimate of drug-likeness (QED) is 0.197. The van der Waals surface area contributed by atoms with E-state index >= 15 is 0 Å². The predicted molar refractivity (Wildman–Crippen MR) is 200 cm³/mol. The number of hydrogen-bond acceptors (Lipinski definition) is 7. The summed E-state index contributed by atoms with van der Waals surface area (Å²) in [7, 11) is 1.42. The topological polar surface area (TPSA) is 74.5 Å². The van der Waals surface area contributed by atoms with Crippen LogP contribution in [-0.4, -0.2) is 59.5 Å². The molecule has 9 heteroatoms. The Balaban J connectivity index is 1.61. The number of piperidine rings is 1. The number of aromatic nitrogens is 2. The molecule has 8 nitrogen and oxygen atoms in total. The highest BCUT2D eigenvalue weighted by atomic mass is 19.1. The number of esters is 1. The number of carbonyl (C=O) groups is 1. The Hall–Kier alpha value is -3.95. The minimum Gasteiger partial charge on any atom is -0.490 e. The van der Waals surface area contributed by atoms with E-state index in [1.807, 2.05) is 39.0 Å². The van der Waals surface area contributed by atoms with Crippen LogP contribution in [0.25, 0.3) is 28.0 Å². The fourth-order valence-electron chi connectivity index (χ4n) is 7.63. The molecule has 2 aromatic heterocycles. The molecule has 0 amide bonds. The van der Waals surface area contributed by atoms with E-state index in [1.54, 1.807) is 12.1 Å². The predicted octanol–water partition coefficient (Wildman–Crippen LogP) is 9.60. The number of fused-ring (bicyclic) bond motifs is 8. The molecular formula is C42H54FN3O5. The highest BCUT2D eigenvalue weighted by Crippen LogP contribution is 2.43. The Bertz CT molecular complexity index is 1890. The average Bonchev–Trinajstić information content (AvgIpc) is 3.51. The summed E-state index contributed by atoms with van der Waals surface area (Å²) in [6.45, 7) is 18.7. The van der Waals surface area contributed by atoms with E-state index < -0.39 is 17.7 Å². The zero-order valence-electron chi connectivity index (χ0n) is 31.8. The highest BCUT2D eigenvalue weighted by molar-refractivity contribution is 5.83. The van der Waals surface area contributed by atoms with Crippen LogP contribution in [0, 0.1) is 12.7 Å². The number of rotatable bonds is 4. The lowest BCUT2D eigenvalue weighted by molar-refractivity contribution is -0.164. The van der Waals surface area contributed by atoms with Crippen molar-refractivity contribution in [3.05, 3.63) is 71.2 Å². The van der Waals surface area contributed by atoms with E-state index in [2.05, 4.69) is 56.2 Å². The molecule has 0 aliphatic carbocycles. The van der Waals surface area contributed by atoms with Crippen LogP contribution < -0.4 is 9.64 Å². The van der Waals surface area contributed by atoms with Gasteiger partial charge in [0.05, 0.1) is 30.1 Å². The highest BCUT2D eigenvalue weighted by Gasteiger charge is 2.39. The Morgan fingerprint density at radius 3 is 2.47 bits per heavy atom. The fourth-order valence-corrected chi connectivity index (χ4v) is 7.63. The van der Waals surface area contributed by atoms with Gasteiger partial charge < -0.3 is 23.8 Å². The van der Waals surface area contributed by atoms with Crippen LogP contribution in [0.5, 0.6) is 5.75 Å². The summed E-state index contributed by atoms with van der Waals surface area (Å²) in [5.74, 6) is 0.866. The number of benzene rings is 2. The number of nitrogens with zero attached hydrogens (tertiary/aromatic N) is 3. The largest absolute Gasteiger partial charge is 0.490 e. The lowest BCUT2D eigenvalue weighted by Gasteiger charge is -2.42. The molecule has 5 heterocycles. The van der Waals surface area contributed by atoms with Crippen molar-refractivity contribution in [2.75, 3.05) is 31.7 Å². The number of carbonyl (C=O) groups excluding carboxylic acids is 1. The van der Waals surface area contributed by atoms with Gasteiger partial charge in [-0.3, -0.25) is 4.40 Å². The van der Waals surface area contributed by atoms with Crippen molar-refractivity contribution < 1.29 is 28.1 Å². The normalized spacial score (nSPS) is 20.7. The Kier molecular flexibility index (Phi) is 10.5.